The van der Waals surface area contributed by atoms with Crippen molar-refractivity contribution in [3.8, 4) is 16.9 Å². The summed E-state index contributed by atoms with van der Waals surface area (Å²) in [6.07, 6.45) is 2.96. The molecular weight excluding hydrogens is 443 g/mol. The number of hydrogen-bond donors (Lipinski definition) is 3. The minimum absolute atomic E-state index is 0.254. The second-order valence-corrected chi connectivity index (χ2v) is 9.00. The molecule has 0 saturated carbocycles. The van der Waals surface area contributed by atoms with Crippen LogP contribution in [-0.4, -0.2) is 35.3 Å². The van der Waals surface area contributed by atoms with Gasteiger partial charge in [-0.3, -0.25) is 4.79 Å². The Bertz CT molecular complexity index is 1330. The van der Waals surface area contributed by atoms with Gasteiger partial charge in [0.15, 0.2) is 0 Å². The molecule has 35 heavy (non-hydrogen) atoms. The van der Waals surface area contributed by atoms with Gasteiger partial charge < -0.3 is 20.1 Å². The first-order chi connectivity index (χ1) is 16.9. The number of aliphatic hydroxyl groups is 1. The summed E-state index contributed by atoms with van der Waals surface area (Å²) in [7, 11) is 0. The molecule has 182 valence electrons. The Morgan fingerprint density at radius 3 is 2.54 bits per heavy atom. The maximum Gasteiger partial charge on any atom is 0.255 e. The average molecular weight is 475 g/mol. The fraction of sp³-hybridized carbons (Fsp3) is 0.276. The number of aryl methyl sites for hydroxylation is 2. The molecule has 1 atom stereocenters. The van der Waals surface area contributed by atoms with E-state index in [1.54, 1.807) is 12.3 Å². The highest BCUT2D eigenvalue weighted by Gasteiger charge is 2.20. The molecular formula is C29H31FN2O3. The van der Waals surface area contributed by atoms with Crippen LogP contribution in [0, 0.1) is 19.7 Å². The van der Waals surface area contributed by atoms with Gasteiger partial charge in [0.05, 0.1) is 24.8 Å². The second-order valence-electron chi connectivity index (χ2n) is 9.00. The van der Waals surface area contributed by atoms with Crippen molar-refractivity contribution in [3.63, 3.8) is 0 Å². The van der Waals surface area contributed by atoms with Gasteiger partial charge in [0.1, 0.15) is 11.6 Å². The molecule has 0 bridgehead atoms. The van der Waals surface area contributed by atoms with Crippen molar-refractivity contribution in [2.45, 2.75) is 39.7 Å². The number of aliphatic hydroxyl groups excluding tert-OH is 1. The summed E-state index contributed by atoms with van der Waals surface area (Å²) < 4.78 is 19.6. The number of aromatic nitrogens is 1. The largest absolute Gasteiger partial charge is 0.493 e. The van der Waals surface area contributed by atoms with Crippen molar-refractivity contribution in [3.05, 3.63) is 88.9 Å². The number of carbonyl (C=O) groups is 1. The summed E-state index contributed by atoms with van der Waals surface area (Å²) >= 11 is 0. The van der Waals surface area contributed by atoms with Gasteiger partial charge in [-0.05, 0) is 73.7 Å². The van der Waals surface area contributed by atoms with E-state index in [1.807, 2.05) is 39.0 Å². The van der Waals surface area contributed by atoms with Gasteiger partial charge in [-0.25, -0.2) is 4.39 Å². The van der Waals surface area contributed by atoms with E-state index in [0.29, 0.717) is 24.3 Å². The number of ether oxygens (including phenoxy) is 1. The number of benzene rings is 3. The normalized spacial score (nSPS) is 12.0. The molecule has 1 amide bonds. The number of rotatable bonds is 9. The number of carbonyl (C=O) groups excluding carboxylic acids is 1. The third-order valence-electron chi connectivity index (χ3n) is 5.99. The number of amides is 1. The predicted octanol–water partition coefficient (Wildman–Crippen LogP) is 5.71. The fourth-order valence-corrected chi connectivity index (χ4v) is 4.38. The van der Waals surface area contributed by atoms with Crippen molar-refractivity contribution in [1.29, 1.82) is 0 Å². The van der Waals surface area contributed by atoms with Crippen LogP contribution in [0.2, 0.25) is 0 Å². The van der Waals surface area contributed by atoms with Crippen LogP contribution in [0.3, 0.4) is 0 Å². The van der Waals surface area contributed by atoms with Crippen molar-refractivity contribution in [1.82, 2.24) is 10.3 Å². The van der Waals surface area contributed by atoms with Crippen LogP contribution in [0.25, 0.3) is 22.0 Å². The van der Waals surface area contributed by atoms with Gasteiger partial charge in [0.25, 0.3) is 5.91 Å². The smallest absolute Gasteiger partial charge is 0.255 e. The van der Waals surface area contributed by atoms with E-state index in [2.05, 4.69) is 28.5 Å². The number of aromatic amines is 1. The van der Waals surface area contributed by atoms with Gasteiger partial charge >= 0.3 is 0 Å². The van der Waals surface area contributed by atoms with E-state index in [1.165, 1.54) is 12.1 Å². The predicted molar refractivity (Wildman–Crippen MR) is 137 cm³/mol. The molecule has 5 nitrogen and oxygen atoms in total. The van der Waals surface area contributed by atoms with Gasteiger partial charge in [-0.2, -0.15) is 0 Å². The van der Waals surface area contributed by atoms with Crippen LogP contribution < -0.4 is 10.1 Å². The highest BCUT2D eigenvalue weighted by atomic mass is 19.1. The van der Waals surface area contributed by atoms with Crippen LogP contribution >= 0.6 is 0 Å². The Labute approximate surface area is 205 Å². The standard InChI is InChI=1S/C29H31FN2O3/c1-4-9-35-28-8-5-20(21-11-18(2)10-19(3)12-21)14-26(28)29(34)32-24(17-33)13-22-16-31-27-7-6-23(30)15-25(22)27/h5-8,10-12,14-16,24,31,33H,4,9,13,17H2,1-3H3,(H,32,34). The maximum absolute atomic E-state index is 13.8. The minimum atomic E-state index is -0.548. The number of nitrogens with one attached hydrogen (secondary N) is 2. The molecule has 0 saturated heterocycles. The molecule has 0 fully saturated rings. The Balaban J connectivity index is 1.61. The van der Waals surface area contributed by atoms with E-state index in [4.69, 9.17) is 4.74 Å². The zero-order valence-electron chi connectivity index (χ0n) is 20.3. The Kier molecular flexibility index (Phi) is 7.51. The molecule has 0 radical (unpaired) electrons. The van der Waals surface area contributed by atoms with Crippen LogP contribution in [0.15, 0.2) is 60.8 Å². The Hall–Kier alpha value is -3.64. The zero-order valence-corrected chi connectivity index (χ0v) is 20.3. The first kappa shape index (κ1) is 24.5. The van der Waals surface area contributed by atoms with E-state index in [0.717, 1.165) is 45.1 Å². The summed E-state index contributed by atoms with van der Waals surface area (Å²) in [6.45, 7) is 6.34. The topological polar surface area (TPSA) is 74.3 Å². The van der Waals surface area contributed by atoms with E-state index >= 15 is 0 Å². The summed E-state index contributed by atoms with van der Waals surface area (Å²) in [5, 5.41) is 13.7. The first-order valence-electron chi connectivity index (χ1n) is 11.9. The summed E-state index contributed by atoms with van der Waals surface area (Å²) in [5.74, 6) is -0.153. The molecule has 0 aliphatic heterocycles. The molecule has 3 aromatic carbocycles. The summed E-state index contributed by atoms with van der Waals surface area (Å²) in [5.41, 5.74) is 6.28. The van der Waals surface area contributed by atoms with Crippen molar-refractivity contribution in [2.24, 2.45) is 0 Å². The van der Waals surface area contributed by atoms with E-state index in [9.17, 15) is 14.3 Å². The lowest BCUT2D eigenvalue weighted by Gasteiger charge is -2.18. The maximum atomic E-state index is 13.8. The number of hydrogen-bond acceptors (Lipinski definition) is 3. The van der Waals surface area contributed by atoms with Crippen molar-refractivity contribution in [2.75, 3.05) is 13.2 Å². The van der Waals surface area contributed by atoms with Gasteiger partial charge in [-0.15, -0.1) is 0 Å². The Morgan fingerprint density at radius 1 is 1.06 bits per heavy atom. The third kappa shape index (κ3) is 5.72. The molecule has 0 aliphatic rings. The number of H-pyrrole nitrogens is 1. The number of fused-ring (bicyclic) bond motifs is 1. The van der Waals surface area contributed by atoms with Crippen molar-refractivity contribution >= 4 is 16.8 Å². The monoisotopic (exact) mass is 474 g/mol. The molecule has 1 aromatic heterocycles. The van der Waals surface area contributed by atoms with Crippen LogP contribution in [0.5, 0.6) is 5.75 Å². The first-order valence-corrected chi connectivity index (χ1v) is 11.9. The van der Waals surface area contributed by atoms with Crippen LogP contribution in [0.1, 0.15) is 40.4 Å². The summed E-state index contributed by atoms with van der Waals surface area (Å²) in [4.78, 5) is 16.5. The highest BCUT2D eigenvalue weighted by molar-refractivity contribution is 5.98. The highest BCUT2D eigenvalue weighted by Crippen LogP contribution is 2.29. The fourth-order valence-electron chi connectivity index (χ4n) is 4.38. The molecule has 0 aliphatic carbocycles. The van der Waals surface area contributed by atoms with Gasteiger partial charge in [0, 0.05) is 17.1 Å². The summed E-state index contributed by atoms with van der Waals surface area (Å²) in [6, 6.07) is 15.9. The minimum Gasteiger partial charge on any atom is -0.493 e. The van der Waals surface area contributed by atoms with Crippen LogP contribution in [-0.2, 0) is 6.42 Å². The molecule has 4 aromatic rings. The SMILES string of the molecule is CCCOc1ccc(-c2cc(C)cc(C)c2)cc1C(=O)NC(CO)Cc1c[nH]c2ccc(F)cc12. The zero-order chi connectivity index (χ0) is 24.9. The van der Waals surface area contributed by atoms with Crippen molar-refractivity contribution < 1.29 is 19.0 Å². The third-order valence-corrected chi connectivity index (χ3v) is 5.99. The Morgan fingerprint density at radius 2 is 1.83 bits per heavy atom. The number of halogens is 1. The van der Waals surface area contributed by atoms with E-state index in [-0.39, 0.29) is 18.3 Å². The molecule has 1 heterocycles. The molecule has 3 N–H and O–H groups in total. The van der Waals surface area contributed by atoms with Gasteiger partial charge in [0.2, 0.25) is 0 Å². The molecule has 4 rings (SSSR count). The van der Waals surface area contributed by atoms with Gasteiger partial charge in [-0.1, -0.05) is 42.3 Å². The molecule has 6 heteroatoms. The second kappa shape index (κ2) is 10.7. The molecule has 0 spiro atoms. The van der Waals surface area contributed by atoms with E-state index < -0.39 is 6.04 Å². The average Bonchev–Trinajstić information content (AvgIpc) is 3.23. The van der Waals surface area contributed by atoms with Crippen LogP contribution in [0.4, 0.5) is 4.39 Å². The molecule has 1 unspecified atom stereocenters. The lowest BCUT2D eigenvalue weighted by Crippen LogP contribution is -2.39. The lowest BCUT2D eigenvalue weighted by molar-refractivity contribution is 0.0912. The quantitative estimate of drug-likeness (QED) is 0.291. The lowest BCUT2D eigenvalue weighted by atomic mass is 9.98.